The van der Waals surface area contributed by atoms with Crippen LogP contribution in [0.4, 0.5) is 22.0 Å². The lowest BCUT2D eigenvalue weighted by Crippen LogP contribution is -2.34. The number of alkyl halides is 3. The first-order chi connectivity index (χ1) is 22.4. The molecule has 0 amide bonds. The number of piperidine rings is 1. The van der Waals surface area contributed by atoms with Crippen molar-refractivity contribution < 1.29 is 31.4 Å². The maximum absolute atomic E-state index is 14.9. The number of hydrogen-bond donors (Lipinski definition) is 1. The molecule has 1 atom stereocenters. The summed E-state index contributed by atoms with van der Waals surface area (Å²) in [5, 5.41) is 15.6. The first-order valence-corrected chi connectivity index (χ1v) is 15.5. The molecule has 1 aliphatic carbocycles. The average Bonchev–Trinajstić information content (AvgIpc) is 3.43. The highest BCUT2D eigenvalue weighted by molar-refractivity contribution is 6.30. The topological polar surface area (TPSA) is 100.0 Å². The van der Waals surface area contributed by atoms with Crippen LogP contribution in [0.15, 0.2) is 42.6 Å². The number of nitrogens with zero attached hydrogens (tertiary/aromatic N) is 5. The lowest BCUT2D eigenvalue weighted by atomic mass is 9.88. The third-order valence-electron chi connectivity index (χ3n) is 9.20. The number of H-pyrrole nitrogens is 1. The highest BCUT2D eigenvalue weighted by Crippen LogP contribution is 2.51. The fraction of sp³-hybridized carbons (Fsp3) is 0.394. The van der Waals surface area contributed by atoms with Gasteiger partial charge in [0.15, 0.2) is 17.4 Å². The molecule has 0 spiro atoms. The van der Waals surface area contributed by atoms with E-state index in [-0.39, 0.29) is 33.8 Å². The van der Waals surface area contributed by atoms with E-state index in [1.165, 1.54) is 31.3 Å². The lowest BCUT2D eigenvalue weighted by molar-refractivity contribution is -0.144. The highest BCUT2D eigenvalue weighted by Gasteiger charge is 2.45. The van der Waals surface area contributed by atoms with E-state index < -0.39 is 34.8 Å². The van der Waals surface area contributed by atoms with Gasteiger partial charge >= 0.3 is 6.18 Å². The zero-order valence-corrected chi connectivity index (χ0v) is 25.9. The van der Waals surface area contributed by atoms with Crippen molar-refractivity contribution in [1.82, 2.24) is 25.1 Å². The van der Waals surface area contributed by atoms with Crippen molar-refractivity contribution in [2.45, 2.75) is 63.5 Å². The number of benzene rings is 2. The third-order valence-corrected chi connectivity index (χ3v) is 9.44. The van der Waals surface area contributed by atoms with E-state index in [0.717, 1.165) is 35.7 Å². The van der Waals surface area contributed by atoms with Gasteiger partial charge in [0.05, 0.1) is 22.7 Å². The number of ether oxygens (including phenoxy) is 2. The summed E-state index contributed by atoms with van der Waals surface area (Å²) in [5.74, 6) is -3.91. The number of aromatic amines is 1. The van der Waals surface area contributed by atoms with Gasteiger partial charge in [-0.05, 0) is 87.0 Å². The number of pyridine rings is 1. The Morgan fingerprint density at radius 1 is 1.06 bits per heavy atom. The molecule has 1 saturated heterocycles. The summed E-state index contributed by atoms with van der Waals surface area (Å²) < 4.78 is 81.2. The minimum absolute atomic E-state index is 0.0123. The molecule has 4 heterocycles. The molecular formula is C33H28ClF5N6O2. The number of rotatable bonds is 7. The van der Waals surface area contributed by atoms with E-state index in [1.54, 1.807) is 12.1 Å². The highest BCUT2D eigenvalue weighted by atomic mass is 35.5. The predicted octanol–water partition coefficient (Wildman–Crippen LogP) is 7.69. The van der Waals surface area contributed by atoms with Crippen LogP contribution >= 0.6 is 11.6 Å². The van der Waals surface area contributed by atoms with Crippen molar-refractivity contribution in [3.8, 4) is 29.0 Å². The van der Waals surface area contributed by atoms with Crippen LogP contribution < -0.4 is 9.47 Å². The van der Waals surface area contributed by atoms with Crippen molar-refractivity contribution in [3.63, 3.8) is 0 Å². The monoisotopic (exact) mass is 670 g/mol. The molecule has 0 bridgehead atoms. The molecule has 2 fully saturated rings. The molecule has 2 aliphatic heterocycles. The standard InChI is InChI=1S/C33H28ClF5N6O2/c1-31(23-4-2-21(34)13-25(23)36)46-27-22(3-5-24(35)28(27)47-31)18-6-10-45(11-7-18)16-26-19(14-32(17-40)8-9-32)12-20(15-41-26)29-42-30(44-43-29)33(37,38)39/h2-5,12-13,15,18H,6-11,14,16H2,1H3,(H,42,43,44)/t31-/m1/s1. The van der Waals surface area contributed by atoms with Crippen LogP contribution in [-0.4, -0.2) is 38.2 Å². The molecular weight excluding hydrogens is 643 g/mol. The Morgan fingerprint density at radius 3 is 2.47 bits per heavy atom. The molecule has 2 aromatic carbocycles. The molecule has 2 aromatic heterocycles. The number of nitriles is 1. The van der Waals surface area contributed by atoms with Crippen LogP contribution in [0.2, 0.25) is 5.02 Å². The van der Waals surface area contributed by atoms with E-state index in [2.05, 4.69) is 26.0 Å². The first kappa shape index (κ1) is 31.3. The number of halogens is 6. The second kappa shape index (κ2) is 11.5. The minimum atomic E-state index is -4.66. The van der Waals surface area contributed by atoms with Gasteiger partial charge in [-0.15, -0.1) is 0 Å². The van der Waals surface area contributed by atoms with Crippen molar-refractivity contribution in [1.29, 1.82) is 5.26 Å². The summed E-state index contributed by atoms with van der Waals surface area (Å²) in [6, 6.07) is 11.3. The fourth-order valence-corrected chi connectivity index (χ4v) is 6.54. The maximum atomic E-state index is 14.9. The van der Waals surface area contributed by atoms with Crippen LogP contribution in [0.3, 0.4) is 0 Å². The van der Waals surface area contributed by atoms with Gasteiger partial charge in [-0.2, -0.15) is 23.5 Å². The summed E-state index contributed by atoms with van der Waals surface area (Å²) in [7, 11) is 0. The second-order valence-corrected chi connectivity index (χ2v) is 13.0. The fourth-order valence-electron chi connectivity index (χ4n) is 6.39. The first-order valence-electron chi connectivity index (χ1n) is 15.1. The number of fused-ring (bicyclic) bond motifs is 1. The zero-order valence-electron chi connectivity index (χ0n) is 25.1. The van der Waals surface area contributed by atoms with Crippen LogP contribution in [0.25, 0.3) is 11.4 Å². The molecule has 0 unspecified atom stereocenters. The van der Waals surface area contributed by atoms with Crippen LogP contribution in [0.1, 0.15) is 66.7 Å². The second-order valence-electron chi connectivity index (χ2n) is 12.5. The van der Waals surface area contributed by atoms with Gasteiger partial charge in [0.2, 0.25) is 11.6 Å². The normalized spacial score (nSPS) is 20.7. The molecule has 3 aliphatic rings. The summed E-state index contributed by atoms with van der Waals surface area (Å²) in [6.45, 7) is 3.35. The van der Waals surface area contributed by atoms with Gasteiger partial charge in [0, 0.05) is 35.8 Å². The molecule has 0 radical (unpaired) electrons. The number of likely N-dealkylation sites (tertiary alicyclic amines) is 1. The molecule has 244 valence electrons. The van der Waals surface area contributed by atoms with E-state index in [9.17, 15) is 27.2 Å². The Kier molecular flexibility index (Phi) is 7.63. The van der Waals surface area contributed by atoms with Crippen LogP contribution in [0.5, 0.6) is 11.5 Å². The van der Waals surface area contributed by atoms with Gasteiger partial charge in [-0.3, -0.25) is 15.0 Å². The lowest BCUT2D eigenvalue weighted by Gasteiger charge is -2.33. The smallest absolute Gasteiger partial charge is 0.444 e. The van der Waals surface area contributed by atoms with E-state index in [4.69, 9.17) is 21.1 Å². The zero-order chi connectivity index (χ0) is 33.1. The van der Waals surface area contributed by atoms with E-state index in [0.29, 0.717) is 44.5 Å². The molecule has 7 rings (SSSR count). The summed E-state index contributed by atoms with van der Waals surface area (Å²) in [5.41, 5.74) is 2.21. The van der Waals surface area contributed by atoms with Gasteiger partial charge in [0.25, 0.3) is 5.79 Å². The summed E-state index contributed by atoms with van der Waals surface area (Å²) in [6.07, 6.45) is 0.137. The van der Waals surface area contributed by atoms with Gasteiger partial charge in [-0.25, -0.2) is 13.8 Å². The van der Waals surface area contributed by atoms with Gasteiger partial charge < -0.3 is 9.47 Å². The average molecular weight is 671 g/mol. The number of nitrogens with one attached hydrogen (secondary N) is 1. The molecule has 1 saturated carbocycles. The van der Waals surface area contributed by atoms with Crippen LogP contribution in [0, 0.1) is 28.4 Å². The molecule has 1 N–H and O–H groups in total. The van der Waals surface area contributed by atoms with Crippen LogP contribution in [-0.2, 0) is 24.9 Å². The summed E-state index contributed by atoms with van der Waals surface area (Å²) >= 11 is 5.92. The Balaban J connectivity index is 1.08. The molecule has 8 nitrogen and oxygen atoms in total. The van der Waals surface area contributed by atoms with E-state index in [1.807, 2.05) is 5.10 Å². The Morgan fingerprint density at radius 2 is 1.81 bits per heavy atom. The predicted molar refractivity (Wildman–Crippen MR) is 159 cm³/mol. The van der Waals surface area contributed by atoms with E-state index >= 15 is 0 Å². The quantitative estimate of drug-likeness (QED) is 0.201. The number of hydrogen-bond acceptors (Lipinski definition) is 7. The Labute approximate surface area is 271 Å². The number of aromatic nitrogens is 4. The van der Waals surface area contributed by atoms with Gasteiger partial charge in [-0.1, -0.05) is 17.7 Å². The van der Waals surface area contributed by atoms with Crippen molar-refractivity contribution in [3.05, 3.63) is 87.5 Å². The molecule has 47 heavy (non-hydrogen) atoms. The molecule has 14 heteroatoms. The molecule has 4 aromatic rings. The SMILES string of the molecule is C[C@]1(c2ccc(Cl)cc2F)Oc2c(F)ccc(C3CCN(Cc4ncc(-c5n[nH]c(C(F)(F)F)n5)cc4CC4(C#N)CC4)CC3)c2O1. The Bertz CT molecular complexity index is 1900. The Hall–Kier alpha value is -4.28. The van der Waals surface area contributed by atoms with Crippen molar-refractivity contribution in [2.24, 2.45) is 5.41 Å². The van der Waals surface area contributed by atoms with Crippen molar-refractivity contribution >= 4 is 11.6 Å². The maximum Gasteiger partial charge on any atom is 0.451 e. The minimum Gasteiger partial charge on any atom is -0.444 e. The third kappa shape index (κ3) is 6.00. The van der Waals surface area contributed by atoms with Crippen molar-refractivity contribution in [2.75, 3.05) is 13.1 Å². The van der Waals surface area contributed by atoms with Gasteiger partial charge in [0.1, 0.15) is 5.82 Å². The summed E-state index contributed by atoms with van der Waals surface area (Å²) in [4.78, 5) is 10.4. The largest absolute Gasteiger partial charge is 0.451 e.